The smallest absolute Gasteiger partial charge is 0.224 e. The summed E-state index contributed by atoms with van der Waals surface area (Å²) in [5.74, 6) is 0.689. The molecule has 7 nitrogen and oxygen atoms in total. The van der Waals surface area contributed by atoms with Crippen molar-refractivity contribution in [1.29, 1.82) is 0 Å². The minimum absolute atomic E-state index is 0.0181. The summed E-state index contributed by atoms with van der Waals surface area (Å²) in [5, 5.41) is 4.48. The van der Waals surface area contributed by atoms with Crippen molar-refractivity contribution in [3.8, 4) is 0 Å². The molecule has 1 aromatic carbocycles. The van der Waals surface area contributed by atoms with Crippen molar-refractivity contribution in [2.24, 2.45) is 11.8 Å². The molecule has 34 heavy (non-hydrogen) atoms. The van der Waals surface area contributed by atoms with Crippen LogP contribution in [0.2, 0.25) is 0 Å². The molecule has 5 rings (SSSR count). The zero-order valence-corrected chi connectivity index (χ0v) is 19.8. The van der Waals surface area contributed by atoms with Crippen LogP contribution in [0, 0.1) is 11.8 Å². The normalized spacial score (nSPS) is 22.1. The van der Waals surface area contributed by atoms with E-state index >= 15 is 0 Å². The van der Waals surface area contributed by atoms with Crippen molar-refractivity contribution in [2.45, 2.75) is 19.4 Å². The van der Waals surface area contributed by atoms with E-state index in [0.29, 0.717) is 12.5 Å². The van der Waals surface area contributed by atoms with Crippen molar-refractivity contribution in [2.75, 3.05) is 52.5 Å². The highest BCUT2D eigenvalue weighted by Crippen LogP contribution is 2.25. The number of carbonyl (C=O) groups is 1. The Morgan fingerprint density at radius 2 is 1.91 bits per heavy atom. The van der Waals surface area contributed by atoms with Gasteiger partial charge in [-0.2, -0.15) is 0 Å². The fraction of sp³-hybridized carbons (Fsp3) is 0.481. The van der Waals surface area contributed by atoms with Crippen LogP contribution in [0.4, 0.5) is 0 Å². The highest BCUT2D eigenvalue weighted by molar-refractivity contribution is 5.83. The standard InChI is InChI=1S/C27H35N5O2/c33-27(29-10-7-23-16-30-26-4-2-1-3-25(23)26)24-15-22(18-31-11-13-34-14-12-31)19-32(20-24)17-21-5-8-28-9-6-21/h1-6,8-9,16,22,24,30H,7,10-15,17-20H2,(H,29,33)/t22-,24-/m1/s1. The quantitative estimate of drug-likeness (QED) is 0.540. The molecule has 3 aromatic rings. The van der Waals surface area contributed by atoms with Crippen LogP contribution in [0.3, 0.4) is 0 Å². The highest BCUT2D eigenvalue weighted by Gasteiger charge is 2.32. The van der Waals surface area contributed by atoms with Crippen molar-refractivity contribution >= 4 is 16.8 Å². The van der Waals surface area contributed by atoms with Gasteiger partial charge in [-0.15, -0.1) is 0 Å². The number of benzene rings is 1. The van der Waals surface area contributed by atoms with E-state index in [-0.39, 0.29) is 11.8 Å². The number of pyridine rings is 1. The average Bonchev–Trinajstić information content (AvgIpc) is 3.28. The first-order valence-electron chi connectivity index (χ1n) is 12.5. The number of fused-ring (bicyclic) bond motifs is 1. The lowest BCUT2D eigenvalue weighted by Gasteiger charge is -2.40. The van der Waals surface area contributed by atoms with Gasteiger partial charge in [-0.25, -0.2) is 0 Å². The maximum Gasteiger partial charge on any atom is 0.224 e. The number of para-hydroxylation sites is 1. The zero-order valence-electron chi connectivity index (χ0n) is 19.8. The summed E-state index contributed by atoms with van der Waals surface area (Å²) < 4.78 is 5.53. The number of aromatic amines is 1. The Morgan fingerprint density at radius 3 is 2.76 bits per heavy atom. The molecule has 7 heteroatoms. The number of rotatable bonds is 8. The molecule has 0 radical (unpaired) electrons. The van der Waals surface area contributed by atoms with Crippen molar-refractivity contribution in [3.05, 3.63) is 66.1 Å². The van der Waals surface area contributed by atoms with E-state index in [1.54, 1.807) is 0 Å². The maximum atomic E-state index is 13.2. The Kier molecular flexibility index (Phi) is 7.53. The molecule has 2 saturated heterocycles. The Bertz CT molecular complexity index is 1060. The molecule has 2 atom stereocenters. The molecule has 4 heterocycles. The van der Waals surface area contributed by atoms with Crippen molar-refractivity contribution in [3.63, 3.8) is 0 Å². The van der Waals surface area contributed by atoms with Gasteiger partial charge in [0.1, 0.15) is 0 Å². The first-order chi connectivity index (χ1) is 16.7. The molecule has 2 N–H and O–H groups in total. The predicted octanol–water partition coefficient (Wildman–Crippen LogP) is 2.69. The van der Waals surface area contributed by atoms with Gasteiger partial charge >= 0.3 is 0 Å². The number of likely N-dealkylation sites (tertiary alicyclic amines) is 1. The molecule has 0 bridgehead atoms. The van der Waals surface area contributed by atoms with Gasteiger partial charge in [0, 0.05) is 75.3 Å². The Morgan fingerprint density at radius 1 is 1.09 bits per heavy atom. The van der Waals surface area contributed by atoms with Gasteiger partial charge < -0.3 is 15.0 Å². The number of hydrogen-bond donors (Lipinski definition) is 2. The van der Waals surface area contributed by atoms with Crippen LogP contribution in [0.1, 0.15) is 17.5 Å². The largest absolute Gasteiger partial charge is 0.379 e. The lowest BCUT2D eigenvalue weighted by Crippen LogP contribution is -2.50. The number of hydrogen-bond acceptors (Lipinski definition) is 5. The molecule has 1 amide bonds. The Hall–Kier alpha value is -2.74. The van der Waals surface area contributed by atoms with Gasteiger partial charge in [-0.1, -0.05) is 18.2 Å². The summed E-state index contributed by atoms with van der Waals surface area (Å²) in [5.41, 5.74) is 3.65. The summed E-state index contributed by atoms with van der Waals surface area (Å²) in [7, 11) is 0. The Labute approximate surface area is 201 Å². The number of amides is 1. The van der Waals surface area contributed by atoms with Crippen LogP contribution in [0.25, 0.3) is 10.9 Å². The molecule has 0 unspecified atom stereocenters. The first-order valence-corrected chi connectivity index (χ1v) is 12.5. The molecule has 0 spiro atoms. The molecule has 0 saturated carbocycles. The predicted molar refractivity (Wildman–Crippen MR) is 133 cm³/mol. The third-order valence-corrected chi connectivity index (χ3v) is 7.13. The van der Waals surface area contributed by atoms with Crippen LogP contribution in [-0.2, 0) is 22.5 Å². The summed E-state index contributed by atoms with van der Waals surface area (Å²) in [6.07, 6.45) is 7.54. The van der Waals surface area contributed by atoms with Gasteiger partial charge in [-0.3, -0.25) is 19.6 Å². The van der Waals surface area contributed by atoms with E-state index in [9.17, 15) is 4.79 Å². The van der Waals surface area contributed by atoms with Gasteiger partial charge in [0.05, 0.1) is 19.1 Å². The van der Waals surface area contributed by atoms with Crippen molar-refractivity contribution in [1.82, 2.24) is 25.1 Å². The average molecular weight is 462 g/mol. The molecular formula is C27H35N5O2. The number of piperidine rings is 1. The fourth-order valence-corrected chi connectivity index (χ4v) is 5.45. The highest BCUT2D eigenvalue weighted by atomic mass is 16.5. The maximum absolute atomic E-state index is 13.2. The minimum Gasteiger partial charge on any atom is -0.379 e. The molecule has 0 aliphatic carbocycles. The molecule has 180 valence electrons. The van der Waals surface area contributed by atoms with Crippen LogP contribution < -0.4 is 5.32 Å². The lowest BCUT2D eigenvalue weighted by molar-refractivity contribution is -0.127. The van der Waals surface area contributed by atoms with Gasteiger partial charge in [-0.05, 0) is 48.1 Å². The third kappa shape index (κ3) is 5.84. The number of morpholine rings is 1. The second kappa shape index (κ2) is 11.1. The van der Waals surface area contributed by atoms with Crippen LogP contribution in [0.5, 0.6) is 0 Å². The summed E-state index contributed by atoms with van der Waals surface area (Å²) in [4.78, 5) is 25.7. The molecule has 2 aromatic heterocycles. The van der Waals surface area contributed by atoms with E-state index in [1.807, 2.05) is 18.5 Å². The summed E-state index contributed by atoms with van der Waals surface area (Å²) in [6, 6.07) is 12.5. The van der Waals surface area contributed by atoms with Gasteiger partial charge in [0.15, 0.2) is 0 Å². The topological polar surface area (TPSA) is 73.5 Å². The summed E-state index contributed by atoms with van der Waals surface area (Å²) >= 11 is 0. The monoisotopic (exact) mass is 461 g/mol. The zero-order chi connectivity index (χ0) is 23.2. The van der Waals surface area contributed by atoms with E-state index in [4.69, 9.17) is 4.74 Å². The van der Waals surface area contributed by atoms with Crippen LogP contribution in [-0.4, -0.2) is 78.2 Å². The number of nitrogens with one attached hydrogen (secondary N) is 2. The Balaban J connectivity index is 1.20. The number of nitrogens with zero attached hydrogens (tertiary/aromatic N) is 3. The second-order valence-corrected chi connectivity index (χ2v) is 9.66. The van der Waals surface area contributed by atoms with Crippen LogP contribution in [0.15, 0.2) is 55.0 Å². The van der Waals surface area contributed by atoms with E-state index in [2.05, 4.69) is 61.6 Å². The van der Waals surface area contributed by atoms with E-state index in [0.717, 1.165) is 70.8 Å². The lowest BCUT2D eigenvalue weighted by atomic mass is 9.87. The molecule has 2 aliphatic rings. The molecule has 2 aliphatic heterocycles. The molecular weight excluding hydrogens is 426 g/mol. The first kappa shape index (κ1) is 23.0. The molecule has 2 fully saturated rings. The second-order valence-electron chi connectivity index (χ2n) is 9.66. The SMILES string of the molecule is O=C(NCCc1c[nH]c2ccccc12)[C@@H]1C[C@H](CN2CCOCC2)CN(Cc2ccncc2)C1. The van der Waals surface area contributed by atoms with Crippen LogP contribution >= 0.6 is 0 Å². The number of aromatic nitrogens is 2. The van der Waals surface area contributed by atoms with Crippen molar-refractivity contribution < 1.29 is 9.53 Å². The summed E-state index contributed by atoms with van der Waals surface area (Å²) in [6.45, 7) is 7.99. The van der Waals surface area contributed by atoms with E-state index in [1.165, 1.54) is 16.5 Å². The fourth-order valence-electron chi connectivity index (χ4n) is 5.45. The number of carbonyl (C=O) groups excluding carboxylic acids is 1. The third-order valence-electron chi connectivity index (χ3n) is 7.13. The van der Waals surface area contributed by atoms with Gasteiger partial charge in [0.2, 0.25) is 5.91 Å². The van der Waals surface area contributed by atoms with Gasteiger partial charge in [0.25, 0.3) is 0 Å². The number of ether oxygens (including phenoxy) is 1. The number of H-pyrrole nitrogens is 1. The van der Waals surface area contributed by atoms with E-state index < -0.39 is 0 Å². The minimum atomic E-state index is 0.0181.